The van der Waals surface area contributed by atoms with Crippen LogP contribution in [-0.2, 0) is 9.84 Å². The Morgan fingerprint density at radius 2 is 1.88 bits per heavy atom. The van der Waals surface area contributed by atoms with Gasteiger partial charge in [0.2, 0.25) is 0 Å². The zero-order chi connectivity index (χ0) is 22.7. The third-order valence-electron chi connectivity index (χ3n) is 4.99. The number of aliphatic hydroxyl groups excluding tert-OH is 1. The number of carbonyl (C=O) groups is 1. The molecule has 0 bridgehead atoms. The summed E-state index contributed by atoms with van der Waals surface area (Å²) in [7, 11) is -3.32. The van der Waals surface area contributed by atoms with Gasteiger partial charge in [-0.1, -0.05) is 0 Å². The number of benzene rings is 2. The number of ether oxygens (including phenoxy) is 2. The van der Waals surface area contributed by atoms with E-state index in [0.717, 1.165) is 19.1 Å². The molecule has 32 heavy (non-hydrogen) atoms. The SMILES string of the molecule is CS(=O)(=O)c1ccc(Oc2cc(O[C@@H]3CCC[C@H]3O)cc(C(=O)Nc3nccs3)c2)cc1. The van der Waals surface area contributed by atoms with Gasteiger partial charge in [0, 0.05) is 29.5 Å². The summed E-state index contributed by atoms with van der Waals surface area (Å²) in [6, 6.07) is 10.8. The Labute approximate surface area is 189 Å². The number of amides is 1. The molecule has 1 aliphatic rings. The average Bonchev–Trinajstić information content (AvgIpc) is 3.39. The number of rotatable bonds is 7. The van der Waals surface area contributed by atoms with Gasteiger partial charge in [-0.15, -0.1) is 11.3 Å². The van der Waals surface area contributed by atoms with Gasteiger partial charge in [0.05, 0.1) is 11.0 Å². The van der Waals surface area contributed by atoms with E-state index in [9.17, 15) is 18.3 Å². The van der Waals surface area contributed by atoms with Crippen LogP contribution in [0.2, 0.25) is 0 Å². The van der Waals surface area contributed by atoms with Gasteiger partial charge in [0.15, 0.2) is 15.0 Å². The number of hydrogen-bond donors (Lipinski definition) is 2. The number of thiazole rings is 1. The fraction of sp³-hybridized carbons (Fsp3) is 0.273. The lowest BCUT2D eigenvalue weighted by Gasteiger charge is -2.18. The monoisotopic (exact) mass is 474 g/mol. The number of aliphatic hydroxyl groups is 1. The number of nitrogens with zero attached hydrogens (tertiary/aromatic N) is 1. The molecule has 0 saturated heterocycles. The zero-order valence-corrected chi connectivity index (χ0v) is 18.9. The topological polar surface area (TPSA) is 115 Å². The summed E-state index contributed by atoms with van der Waals surface area (Å²) in [5.74, 6) is 0.758. The van der Waals surface area contributed by atoms with E-state index in [4.69, 9.17) is 9.47 Å². The number of nitrogens with one attached hydrogen (secondary N) is 1. The molecule has 2 N–H and O–H groups in total. The quantitative estimate of drug-likeness (QED) is 0.534. The molecule has 168 valence electrons. The lowest BCUT2D eigenvalue weighted by molar-refractivity contribution is 0.0602. The molecule has 0 aliphatic heterocycles. The van der Waals surface area contributed by atoms with Gasteiger partial charge in [-0.05, 0) is 55.7 Å². The molecule has 2 aromatic carbocycles. The molecular weight excluding hydrogens is 452 g/mol. The van der Waals surface area contributed by atoms with Crippen molar-refractivity contribution in [1.82, 2.24) is 4.98 Å². The van der Waals surface area contributed by atoms with Crippen molar-refractivity contribution in [2.24, 2.45) is 0 Å². The Hall–Kier alpha value is -2.95. The molecule has 1 aromatic heterocycles. The molecule has 0 unspecified atom stereocenters. The van der Waals surface area contributed by atoms with Crippen molar-refractivity contribution in [1.29, 1.82) is 0 Å². The first-order valence-electron chi connectivity index (χ1n) is 9.96. The third-order valence-corrected chi connectivity index (χ3v) is 6.80. The molecular formula is C22H22N2O6S2. The van der Waals surface area contributed by atoms with Crippen molar-refractivity contribution in [3.8, 4) is 17.2 Å². The Kier molecular flexibility index (Phi) is 6.45. The summed E-state index contributed by atoms with van der Waals surface area (Å²) in [6.45, 7) is 0. The zero-order valence-electron chi connectivity index (χ0n) is 17.2. The van der Waals surface area contributed by atoms with Crippen molar-refractivity contribution in [3.63, 3.8) is 0 Å². The van der Waals surface area contributed by atoms with Gasteiger partial charge in [0.25, 0.3) is 5.91 Å². The van der Waals surface area contributed by atoms with Crippen LogP contribution in [0.1, 0.15) is 29.6 Å². The second kappa shape index (κ2) is 9.27. The fourth-order valence-corrected chi connectivity index (χ4v) is 4.55. The second-order valence-corrected chi connectivity index (χ2v) is 10.4. The smallest absolute Gasteiger partial charge is 0.257 e. The molecule has 0 spiro atoms. The summed E-state index contributed by atoms with van der Waals surface area (Å²) >= 11 is 1.30. The highest BCUT2D eigenvalue weighted by Gasteiger charge is 2.27. The van der Waals surface area contributed by atoms with Crippen LogP contribution in [0.25, 0.3) is 0 Å². The molecule has 2 atom stereocenters. The van der Waals surface area contributed by atoms with Crippen LogP contribution in [0.4, 0.5) is 5.13 Å². The van der Waals surface area contributed by atoms with E-state index in [1.165, 1.54) is 23.5 Å². The van der Waals surface area contributed by atoms with Crippen LogP contribution < -0.4 is 14.8 Å². The maximum atomic E-state index is 12.8. The van der Waals surface area contributed by atoms with Crippen LogP contribution in [0.15, 0.2) is 58.9 Å². The molecule has 3 aromatic rings. The summed E-state index contributed by atoms with van der Waals surface area (Å²) < 4.78 is 35.2. The number of anilines is 1. The maximum Gasteiger partial charge on any atom is 0.257 e. The van der Waals surface area contributed by atoms with E-state index < -0.39 is 15.9 Å². The Bertz CT molecular complexity index is 1190. The fourth-order valence-electron chi connectivity index (χ4n) is 3.39. The van der Waals surface area contributed by atoms with E-state index in [0.29, 0.717) is 34.4 Å². The molecule has 0 radical (unpaired) electrons. The van der Waals surface area contributed by atoms with Crippen molar-refractivity contribution in [2.75, 3.05) is 11.6 Å². The Balaban J connectivity index is 1.60. The Morgan fingerprint density at radius 1 is 1.12 bits per heavy atom. The van der Waals surface area contributed by atoms with Crippen LogP contribution in [0, 0.1) is 0 Å². The van der Waals surface area contributed by atoms with Gasteiger partial charge < -0.3 is 14.6 Å². The lowest BCUT2D eigenvalue weighted by atomic mass is 10.1. The molecule has 1 heterocycles. The van der Waals surface area contributed by atoms with Crippen LogP contribution >= 0.6 is 11.3 Å². The van der Waals surface area contributed by atoms with Gasteiger partial charge in [0.1, 0.15) is 23.4 Å². The van der Waals surface area contributed by atoms with Crippen LogP contribution in [0.5, 0.6) is 17.2 Å². The number of hydrogen-bond acceptors (Lipinski definition) is 8. The van der Waals surface area contributed by atoms with Crippen molar-refractivity contribution in [3.05, 3.63) is 59.6 Å². The largest absolute Gasteiger partial charge is 0.488 e. The lowest BCUT2D eigenvalue weighted by Crippen LogP contribution is -2.25. The molecule has 8 nitrogen and oxygen atoms in total. The first-order chi connectivity index (χ1) is 15.3. The minimum atomic E-state index is -3.32. The van der Waals surface area contributed by atoms with Crippen LogP contribution in [0.3, 0.4) is 0 Å². The number of aromatic nitrogens is 1. The molecule has 4 rings (SSSR count). The maximum absolute atomic E-state index is 12.8. The van der Waals surface area contributed by atoms with Gasteiger partial charge in [-0.3, -0.25) is 10.1 Å². The standard InChI is InChI=1S/C22H22N2O6S2/c1-32(27,28)18-7-5-15(6-8-18)29-16-11-14(21(26)24-22-23-9-10-31-22)12-17(13-16)30-20-4-2-3-19(20)25/h5-13,19-20,25H,2-4H2,1H3,(H,23,24,26)/t19-,20-/m1/s1. The summed E-state index contributed by atoms with van der Waals surface area (Å²) in [6.07, 6.45) is 4.08. The van der Waals surface area contributed by atoms with Gasteiger partial charge in [-0.2, -0.15) is 0 Å². The highest BCUT2D eigenvalue weighted by atomic mass is 32.2. The minimum Gasteiger partial charge on any atom is -0.488 e. The normalized spacial score (nSPS) is 18.3. The number of sulfone groups is 1. The molecule has 1 fully saturated rings. The Morgan fingerprint density at radius 3 is 2.50 bits per heavy atom. The van der Waals surface area contributed by atoms with Gasteiger partial charge >= 0.3 is 0 Å². The predicted molar refractivity (Wildman–Crippen MR) is 120 cm³/mol. The summed E-state index contributed by atoms with van der Waals surface area (Å²) in [5, 5.41) is 15.0. The summed E-state index contributed by atoms with van der Waals surface area (Å²) in [4.78, 5) is 17.0. The first-order valence-corrected chi connectivity index (χ1v) is 12.7. The van der Waals surface area contributed by atoms with E-state index in [1.54, 1.807) is 41.9 Å². The van der Waals surface area contributed by atoms with E-state index in [1.807, 2.05) is 0 Å². The van der Waals surface area contributed by atoms with Crippen molar-refractivity contribution < 1.29 is 27.8 Å². The highest BCUT2D eigenvalue weighted by Crippen LogP contribution is 2.31. The van der Waals surface area contributed by atoms with Gasteiger partial charge in [-0.25, -0.2) is 13.4 Å². The molecule has 10 heteroatoms. The average molecular weight is 475 g/mol. The van der Waals surface area contributed by atoms with Crippen molar-refractivity contribution >= 4 is 32.2 Å². The summed E-state index contributed by atoms with van der Waals surface area (Å²) in [5.41, 5.74) is 0.299. The molecule has 1 aliphatic carbocycles. The molecule has 1 amide bonds. The number of carbonyl (C=O) groups excluding carboxylic acids is 1. The molecule has 1 saturated carbocycles. The van der Waals surface area contributed by atoms with E-state index >= 15 is 0 Å². The second-order valence-electron chi connectivity index (χ2n) is 7.48. The minimum absolute atomic E-state index is 0.181. The van der Waals surface area contributed by atoms with E-state index in [2.05, 4.69) is 10.3 Å². The third kappa shape index (κ3) is 5.45. The predicted octanol–water partition coefficient (Wildman–Crippen LogP) is 3.88. The van der Waals surface area contributed by atoms with Crippen molar-refractivity contribution in [2.45, 2.75) is 36.4 Å². The highest BCUT2D eigenvalue weighted by molar-refractivity contribution is 7.90. The van der Waals surface area contributed by atoms with E-state index in [-0.39, 0.29) is 16.9 Å². The first kappa shape index (κ1) is 22.3. The van der Waals surface area contributed by atoms with Crippen LogP contribution in [-0.4, -0.2) is 42.9 Å².